The number of rotatable bonds is 10. The van der Waals surface area contributed by atoms with Gasteiger partial charge in [-0.15, -0.1) is 10.2 Å². The Hall–Kier alpha value is -4.58. The summed E-state index contributed by atoms with van der Waals surface area (Å²) in [5, 5.41) is 24.2. The van der Waals surface area contributed by atoms with Crippen LogP contribution in [0.4, 0.5) is 5.69 Å². The van der Waals surface area contributed by atoms with E-state index in [-0.39, 0.29) is 17.3 Å². The summed E-state index contributed by atoms with van der Waals surface area (Å²) >= 11 is 1.20. The lowest BCUT2D eigenvalue weighted by Crippen LogP contribution is -2.21. The minimum atomic E-state index is -0.480. The van der Waals surface area contributed by atoms with Gasteiger partial charge < -0.3 is 4.74 Å². The molecule has 0 bridgehead atoms. The quantitative estimate of drug-likeness (QED) is 0.142. The number of aromatic nitrogens is 4. The van der Waals surface area contributed by atoms with Crippen molar-refractivity contribution in [2.45, 2.75) is 19.0 Å². The first kappa shape index (κ1) is 25.5. The van der Waals surface area contributed by atoms with Crippen LogP contribution >= 0.6 is 11.8 Å². The van der Waals surface area contributed by atoms with E-state index in [1.807, 2.05) is 47.9 Å². The molecule has 0 unspecified atom stereocenters. The third-order valence-corrected chi connectivity index (χ3v) is 6.04. The van der Waals surface area contributed by atoms with E-state index >= 15 is 0 Å². The fourth-order valence-electron chi connectivity index (χ4n) is 3.35. The zero-order valence-electron chi connectivity index (χ0n) is 20.1. The van der Waals surface area contributed by atoms with Gasteiger partial charge in [0.15, 0.2) is 11.0 Å². The first-order valence-electron chi connectivity index (χ1n) is 11.3. The fourth-order valence-corrected chi connectivity index (χ4v) is 4.10. The third kappa shape index (κ3) is 6.35. The summed E-state index contributed by atoms with van der Waals surface area (Å²) in [5.41, 5.74) is 5.00. The second-order valence-electron chi connectivity index (χ2n) is 7.64. The minimum Gasteiger partial charge on any atom is -0.494 e. The Bertz CT molecular complexity index is 1420. The average Bonchev–Trinajstić information content (AvgIpc) is 3.35. The number of pyridine rings is 1. The molecule has 2 aromatic carbocycles. The summed E-state index contributed by atoms with van der Waals surface area (Å²) in [4.78, 5) is 27.2. The molecule has 1 amide bonds. The topological polar surface area (TPSA) is 137 Å². The van der Waals surface area contributed by atoms with E-state index in [1.165, 1.54) is 23.9 Å². The predicted molar refractivity (Wildman–Crippen MR) is 140 cm³/mol. The summed E-state index contributed by atoms with van der Waals surface area (Å²) in [7, 11) is 0. The van der Waals surface area contributed by atoms with Crippen molar-refractivity contribution in [3.05, 3.63) is 88.7 Å². The van der Waals surface area contributed by atoms with Crippen LogP contribution in [-0.2, 0) is 4.79 Å². The Labute approximate surface area is 216 Å². The number of benzene rings is 2. The number of hydrogen-bond acceptors (Lipinski definition) is 9. The normalized spacial score (nSPS) is 11.2. The summed E-state index contributed by atoms with van der Waals surface area (Å²) < 4.78 is 7.39. The number of carbonyl (C=O) groups excluding carboxylic acids is 1. The highest BCUT2D eigenvalue weighted by Crippen LogP contribution is 2.28. The molecule has 0 spiro atoms. The second-order valence-corrected chi connectivity index (χ2v) is 8.58. The highest BCUT2D eigenvalue weighted by Gasteiger charge is 2.18. The molecule has 2 heterocycles. The van der Waals surface area contributed by atoms with Gasteiger partial charge in [-0.05, 0) is 50.2 Å². The van der Waals surface area contributed by atoms with Gasteiger partial charge in [-0.3, -0.25) is 24.5 Å². The van der Waals surface area contributed by atoms with Crippen LogP contribution in [0.5, 0.6) is 5.75 Å². The van der Waals surface area contributed by atoms with Gasteiger partial charge in [0.05, 0.1) is 23.0 Å². The van der Waals surface area contributed by atoms with Crippen LogP contribution in [0, 0.1) is 10.1 Å². The third-order valence-electron chi connectivity index (χ3n) is 5.11. The van der Waals surface area contributed by atoms with E-state index in [1.54, 1.807) is 31.5 Å². The molecular weight excluding hydrogens is 494 g/mol. The lowest BCUT2D eigenvalue weighted by molar-refractivity contribution is -0.384. The zero-order chi connectivity index (χ0) is 26.2. The number of ether oxygens (including phenoxy) is 1. The first-order chi connectivity index (χ1) is 18.0. The van der Waals surface area contributed by atoms with Gasteiger partial charge in [0.2, 0.25) is 0 Å². The molecule has 188 valence electrons. The second kappa shape index (κ2) is 11.9. The highest BCUT2D eigenvalue weighted by molar-refractivity contribution is 7.99. The number of carbonyl (C=O) groups is 1. The van der Waals surface area contributed by atoms with Crippen molar-refractivity contribution in [1.29, 1.82) is 0 Å². The average molecular weight is 518 g/mol. The molecule has 12 heteroatoms. The molecule has 0 aliphatic heterocycles. The number of hydrogen-bond donors (Lipinski definition) is 1. The molecule has 1 N–H and O–H groups in total. The van der Waals surface area contributed by atoms with E-state index in [0.29, 0.717) is 28.9 Å². The SMILES string of the molecule is CCOc1ccc(-n2c(SCC(=O)NN=C(C)c3cccc([N+](=O)[O-])c3)nnc2-c2cccnc2)cc1. The molecule has 0 saturated heterocycles. The van der Waals surface area contributed by atoms with Gasteiger partial charge in [-0.25, -0.2) is 5.43 Å². The van der Waals surface area contributed by atoms with E-state index in [0.717, 1.165) is 17.0 Å². The number of thioether (sulfide) groups is 1. The number of nitro groups is 1. The van der Waals surface area contributed by atoms with E-state index in [2.05, 4.69) is 25.7 Å². The van der Waals surface area contributed by atoms with Crippen LogP contribution in [-0.4, -0.2) is 48.7 Å². The van der Waals surface area contributed by atoms with Crippen molar-refractivity contribution in [2.24, 2.45) is 5.10 Å². The molecule has 4 aromatic rings. The Kier molecular flexibility index (Phi) is 8.21. The van der Waals surface area contributed by atoms with Gasteiger partial charge in [0.1, 0.15) is 5.75 Å². The van der Waals surface area contributed by atoms with Crippen molar-refractivity contribution in [2.75, 3.05) is 12.4 Å². The number of nitrogens with one attached hydrogen (secondary N) is 1. The monoisotopic (exact) mass is 517 g/mol. The number of hydrazone groups is 1. The molecule has 2 aromatic heterocycles. The number of nitrogens with zero attached hydrogens (tertiary/aromatic N) is 6. The molecule has 37 heavy (non-hydrogen) atoms. The van der Waals surface area contributed by atoms with Crippen LogP contribution in [0.1, 0.15) is 19.4 Å². The Balaban J connectivity index is 1.51. The number of non-ortho nitro benzene ring substituents is 1. The molecular formula is C25H23N7O4S. The van der Waals surface area contributed by atoms with Gasteiger partial charge in [-0.2, -0.15) is 5.10 Å². The molecule has 0 aliphatic carbocycles. The van der Waals surface area contributed by atoms with Gasteiger partial charge in [0.25, 0.3) is 11.6 Å². The number of amides is 1. The molecule has 0 radical (unpaired) electrons. The maximum Gasteiger partial charge on any atom is 0.270 e. The lowest BCUT2D eigenvalue weighted by Gasteiger charge is -2.11. The first-order valence-corrected chi connectivity index (χ1v) is 12.2. The predicted octanol–water partition coefficient (Wildman–Crippen LogP) is 4.27. The molecule has 4 rings (SSSR count). The van der Waals surface area contributed by atoms with Crippen LogP contribution in [0.2, 0.25) is 0 Å². The Morgan fingerprint density at radius 3 is 2.68 bits per heavy atom. The molecule has 11 nitrogen and oxygen atoms in total. The maximum atomic E-state index is 12.5. The van der Waals surface area contributed by atoms with Gasteiger partial charge >= 0.3 is 0 Å². The molecule has 0 atom stereocenters. The lowest BCUT2D eigenvalue weighted by atomic mass is 10.1. The maximum absolute atomic E-state index is 12.5. The van der Waals surface area contributed by atoms with Crippen molar-refractivity contribution in [3.63, 3.8) is 0 Å². The molecule has 0 fully saturated rings. The highest BCUT2D eigenvalue weighted by atomic mass is 32.2. The van der Waals surface area contributed by atoms with Crippen LogP contribution in [0.3, 0.4) is 0 Å². The van der Waals surface area contributed by atoms with E-state index in [4.69, 9.17) is 4.74 Å². The Morgan fingerprint density at radius 1 is 1.16 bits per heavy atom. The van der Waals surface area contributed by atoms with Crippen LogP contribution in [0.25, 0.3) is 17.1 Å². The summed E-state index contributed by atoms with van der Waals surface area (Å²) in [5.74, 6) is 0.986. The molecule has 0 aliphatic rings. The van der Waals surface area contributed by atoms with Crippen LogP contribution < -0.4 is 10.2 Å². The summed E-state index contributed by atoms with van der Waals surface area (Å²) in [6.07, 6.45) is 3.37. The smallest absolute Gasteiger partial charge is 0.270 e. The van der Waals surface area contributed by atoms with Gasteiger partial charge in [0, 0.05) is 41.3 Å². The zero-order valence-corrected chi connectivity index (χ0v) is 20.9. The van der Waals surface area contributed by atoms with E-state index in [9.17, 15) is 14.9 Å². The van der Waals surface area contributed by atoms with Crippen molar-refractivity contribution in [1.82, 2.24) is 25.2 Å². The van der Waals surface area contributed by atoms with Gasteiger partial charge in [-0.1, -0.05) is 23.9 Å². The Morgan fingerprint density at radius 2 is 1.97 bits per heavy atom. The fraction of sp³-hybridized carbons (Fsp3) is 0.160. The minimum absolute atomic E-state index is 0.0217. The summed E-state index contributed by atoms with van der Waals surface area (Å²) in [6, 6.07) is 17.3. The van der Waals surface area contributed by atoms with Crippen LogP contribution in [0.15, 0.2) is 83.3 Å². The standard InChI is InChI=1S/C25H23N7O4S/c1-3-36-22-11-9-20(10-12-22)31-24(19-7-5-13-26-15-19)29-30-25(31)37-16-23(33)28-27-17(2)18-6-4-8-21(14-18)32(34)35/h4-15H,3,16H2,1-2H3,(H,28,33). The van der Waals surface area contributed by atoms with Crippen molar-refractivity contribution >= 4 is 29.1 Å². The summed E-state index contributed by atoms with van der Waals surface area (Å²) in [6.45, 7) is 4.14. The largest absolute Gasteiger partial charge is 0.494 e. The number of nitro benzene ring substituents is 1. The van der Waals surface area contributed by atoms with Crippen molar-refractivity contribution < 1.29 is 14.5 Å². The molecule has 0 saturated carbocycles. The van der Waals surface area contributed by atoms with E-state index < -0.39 is 4.92 Å². The van der Waals surface area contributed by atoms with Crippen molar-refractivity contribution in [3.8, 4) is 22.8 Å².